The van der Waals surface area contributed by atoms with Crippen LogP contribution in [0, 0.1) is 5.41 Å². The zero-order valence-corrected chi connectivity index (χ0v) is 15.6. The molecule has 0 spiro atoms. The Hall–Kier alpha value is -2.12. The summed E-state index contributed by atoms with van der Waals surface area (Å²) in [4.78, 5) is 23.6. The summed E-state index contributed by atoms with van der Waals surface area (Å²) in [5.41, 5.74) is 0.802. The lowest BCUT2D eigenvalue weighted by Gasteiger charge is -2.46. The van der Waals surface area contributed by atoms with E-state index < -0.39 is 24.2 Å². The molecule has 2 bridgehead atoms. The van der Waals surface area contributed by atoms with Gasteiger partial charge >= 0.3 is 12.1 Å². The molecule has 1 aromatic carbocycles. The standard InChI is InChI=1S/C20H27NO6/c1-14(26-12-20-9-7-16(8-10-20)27-13-20)17(18(22)23)21-19(24)25-11-15-5-3-2-4-6-15/h2-6,14,16-17H,7-13H2,1H3,(H,21,24)(H,22,23)/t14-,16?,17+,20?/m1/s1. The number of carbonyl (C=O) groups is 2. The molecule has 2 aliphatic heterocycles. The Labute approximate surface area is 159 Å². The molecule has 3 aliphatic rings. The van der Waals surface area contributed by atoms with Crippen LogP contribution in [-0.2, 0) is 25.6 Å². The monoisotopic (exact) mass is 377 g/mol. The van der Waals surface area contributed by atoms with Crippen molar-refractivity contribution in [1.82, 2.24) is 5.32 Å². The molecule has 0 unspecified atom stereocenters. The number of hydrogen-bond acceptors (Lipinski definition) is 5. The van der Waals surface area contributed by atoms with Crippen molar-refractivity contribution in [2.75, 3.05) is 13.2 Å². The molecular weight excluding hydrogens is 350 g/mol. The Morgan fingerprint density at radius 2 is 2.00 bits per heavy atom. The average Bonchev–Trinajstić information content (AvgIpc) is 2.71. The van der Waals surface area contributed by atoms with E-state index in [0.29, 0.717) is 19.3 Å². The third-order valence-corrected chi connectivity index (χ3v) is 5.49. The summed E-state index contributed by atoms with van der Waals surface area (Å²) >= 11 is 0. The van der Waals surface area contributed by atoms with Gasteiger partial charge in [-0.3, -0.25) is 0 Å². The van der Waals surface area contributed by atoms with E-state index in [9.17, 15) is 14.7 Å². The minimum atomic E-state index is -1.18. The second kappa shape index (κ2) is 8.71. The topological polar surface area (TPSA) is 94.1 Å². The number of aliphatic carboxylic acids is 1. The first-order valence-corrected chi connectivity index (χ1v) is 9.41. The molecule has 1 aliphatic carbocycles. The molecule has 4 rings (SSSR count). The summed E-state index contributed by atoms with van der Waals surface area (Å²) in [6, 6.07) is 8.03. The van der Waals surface area contributed by atoms with Crippen molar-refractivity contribution in [3.63, 3.8) is 0 Å². The Balaban J connectivity index is 1.48. The van der Waals surface area contributed by atoms with Crippen molar-refractivity contribution in [2.24, 2.45) is 5.41 Å². The van der Waals surface area contributed by atoms with Gasteiger partial charge in [-0.15, -0.1) is 0 Å². The SMILES string of the molecule is C[C@@H](OCC12CCC(CC1)OC2)[C@H](NC(=O)OCc1ccccc1)C(=O)O. The summed E-state index contributed by atoms with van der Waals surface area (Å²) in [5, 5.41) is 11.9. The second-order valence-electron chi connectivity index (χ2n) is 7.55. The largest absolute Gasteiger partial charge is 0.480 e. The zero-order valence-electron chi connectivity index (χ0n) is 15.6. The molecule has 0 aromatic heterocycles. The van der Waals surface area contributed by atoms with Gasteiger partial charge in [-0.1, -0.05) is 30.3 Å². The number of carboxylic acid groups (broad SMARTS) is 1. The van der Waals surface area contributed by atoms with Crippen molar-refractivity contribution < 1.29 is 28.9 Å². The van der Waals surface area contributed by atoms with Gasteiger partial charge < -0.3 is 24.6 Å². The van der Waals surface area contributed by atoms with Gasteiger partial charge in [0, 0.05) is 5.41 Å². The van der Waals surface area contributed by atoms with Crippen molar-refractivity contribution >= 4 is 12.1 Å². The summed E-state index contributed by atoms with van der Waals surface area (Å²) in [5.74, 6) is -1.15. The number of amides is 1. The van der Waals surface area contributed by atoms with Crippen molar-refractivity contribution in [3.8, 4) is 0 Å². The minimum absolute atomic E-state index is 0.0279. The summed E-state index contributed by atoms with van der Waals surface area (Å²) < 4.78 is 16.7. The van der Waals surface area contributed by atoms with Gasteiger partial charge in [0.25, 0.3) is 0 Å². The smallest absolute Gasteiger partial charge is 0.408 e. The first kappa shape index (κ1) is 19.6. The fourth-order valence-corrected chi connectivity index (χ4v) is 3.67. The van der Waals surface area contributed by atoms with Crippen LogP contribution in [0.4, 0.5) is 4.79 Å². The number of hydrogen-bond donors (Lipinski definition) is 2. The number of benzene rings is 1. The zero-order chi connectivity index (χ0) is 19.3. The fraction of sp³-hybridized carbons (Fsp3) is 0.600. The second-order valence-corrected chi connectivity index (χ2v) is 7.55. The Morgan fingerprint density at radius 1 is 1.30 bits per heavy atom. The molecule has 1 aromatic rings. The summed E-state index contributed by atoms with van der Waals surface area (Å²) in [7, 11) is 0. The highest BCUT2D eigenvalue weighted by atomic mass is 16.6. The molecule has 2 atom stereocenters. The highest BCUT2D eigenvalue weighted by Gasteiger charge is 2.42. The lowest BCUT2D eigenvalue weighted by Crippen LogP contribution is -2.51. The van der Waals surface area contributed by atoms with Crippen LogP contribution in [0.5, 0.6) is 0 Å². The average molecular weight is 377 g/mol. The molecule has 3 fully saturated rings. The van der Waals surface area contributed by atoms with Gasteiger partial charge in [0.2, 0.25) is 0 Å². The van der Waals surface area contributed by atoms with E-state index in [2.05, 4.69) is 5.32 Å². The van der Waals surface area contributed by atoms with Crippen molar-refractivity contribution in [2.45, 2.75) is 57.5 Å². The number of alkyl carbamates (subject to hydrolysis) is 1. The van der Waals surface area contributed by atoms with Crippen molar-refractivity contribution in [1.29, 1.82) is 0 Å². The van der Waals surface area contributed by atoms with Gasteiger partial charge in [0.05, 0.1) is 25.4 Å². The molecule has 2 N–H and O–H groups in total. The predicted octanol–water partition coefficient (Wildman–Crippen LogP) is 2.73. The lowest BCUT2D eigenvalue weighted by atomic mass is 9.72. The van der Waals surface area contributed by atoms with Crippen LogP contribution in [0.15, 0.2) is 30.3 Å². The van der Waals surface area contributed by atoms with Crippen LogP contribution in [0.3, 0.4) is 0 Å². The first-order valence-electron chi connectivity index (χ1n) is 9.41. The normalized spacial score (nSPS) is 26.2. The van der Waals surface area contributed by atoms with E-state index in [1.165, 1.54) is 0 Å². The van der Waals surface area contributed by atoms with E-state index in [1.54, 1.807) is 6.92 Å². The molecule has 2 saturated heterocycles. The number of rotatable bonds is 8. The third-order valence-electron chi connectivity index (χ3n) is 5.49. The minimum Gasteiger partial charge on any atom is -0.480 e. The molecule has 2 heterocycles. The number of ether oxygens (including phenoxy) is 3. The van der Waals surface area contributed by atoms with E-state index in [1.807, 2.05) is 30.3 Å². The highest BCUT2D eigenvalue weighted by Crippen LogP contribution is 2.43. The lowest BCUT2D eigenvalue weighted by molar-refractivity contribution is -0.158. The molecule has 148 valence electrons. The van der Waals surface area contributed by atoms with Crippen molar-refractivity contribution in [3.05, 3.63) is 35.9 Å². The molecule has 7 heteroatoms. The van der Waals surface area contributed by atoms with E-state index in [0.717, 1.165) is 31.2 Å². The van der Waals surface area contributed by atoms with Crippen LogP contribution < -0.4 is 5.32 Å². The van der Waals surface area contributed by atoms with E-state index in [4.69, 9.17) is 14.2 Å². The van der Waals surface area contributed by atoms with Crippen LogP contribution in [0.25, 0.3) is 0 Å². The van der Waals surface area contributed by atoms with Crippen LogP contribution in [0.2, 0.25) is 0 Å². The number of fused-ring (bicyclic) bond motifs is 3. The van der Waals surface area contributed by atoms with Gasteiger partial charge in [-0.2, -0.15) is 0 Å². The maximum Gasteiger partial charge on any atom is 0.408 e. The molecule has 1 amide bonds. The van der Waals surface area contributed by atoms with Gasteiger partial charge in [-0.25, -0.2) is 9.59 Å². The van der Waals surface area contributed by atoms with Crippen LogP contribution in [-0.4, -0.2) is 48.6 Å². The molecule has 7 nitrogen and oxygen atoms in total. The summed E-state index contributed by atoms with van der Waals surface area (Å²) in [6.45, 7) is 2.83. The maximum atomic E-state index is 12.0. The number of nitrogens with one attached hydrogen (secondary N) is 1. The van der Waals surface area contributed by atoms with Crippen LogP contribution >= 0.6 is 0 Å². The fourth-order valence-electron chi connectivity index (χ4n) is 3.67. The van der Waals surface area contributed by atoms with Gasteiger partial charge in [0.15, 0.2) is 6.04 Å². The first-order chi connectivity index (χ1) is 13.0. The molecule has 1 saturated carbocycles. The Kier molecular flexibility index (Phi) is 6.34. The molecule has 0 radical (unpaired) electrons. The maximum absolute atomic E-state index is 12.0. The quantitative estimate of drug-likeness (QED) is 0.723. The Morgan fingerprint density at radius 3 is 2.59 bits per heavy atom. The van der Waals surface area contributed by atoms with E-state index >= 15 is 0 Å². The van der Waals surface area contributed by atoms with Gasteiger partial charge in [0.1, 0.15) is 6.61 Å². The predicted molar refractivity (Wildman–Crippen MR) is 97.2 cm³/mol. The Bertz CT molecular complexity index is 627. The number of carboxylic acids is 1. The van der Waals surface area contributed by atoms with Gasteiger partial charge in [-0.05, 0) is 38.2 Å². The van der Waals surface area contributed by atoms with E-state index in [-0.39, 0.29) is 12.0 Å². The molecular formula is C20H27NO6. The number of carbonyl (C=O) groups excluding carboxylic acids is 1. The van der Waals surface area contributed by atoms with Crippen LogP contribution in [0.1, 0.15) is 38.2 Å². The summed E-state index contributed by atoms with van der Waals surface area (Å²) in [6.07, 6.45) is 3.05. The molecule has 27 heavy (non-hydrogen) atoms. The highest BCUT2D eigenvalue weighted by molar-refractivity contribution is 5.80. The third kappa shape index (κ3) is 5.20.